The van der Waals surface area contributed by atoms with Crippen molar-refractivity contribution < 1.29 is 14.3 Å². The Balaban J connectivity index is 1.45. The normalized spacial score (nSPS) is 29.7. The highest BCUT2D eigenvalue weighted by molar-refractivity contribution is 5.93. The summed E-state index contributed by atoms with van der Waals surface area (Å²) >= 11 is 0. The summed E-state index contributed by atoms with van der Waals surface area (Å²) < 4.78 is 14.5. The van der Waals surface area contributed by atoms with Crippen LogP contribution in [0.2, 0.25) is 0 Å². The Kier molecular flexibility index (Phi) is 4.79. The molecule has 27 heavy (non-hydrogen) atoms. The minimum atomic E-state index is -0.708. The zero-order chi connectivity index (χ0) is 19.2. The maximum Gasteiger partial charge on any atom is 0.233 e. The van der Waals surface area contributed by atoms with Crippen molar-refractivity contribution in [1.29, 1.82) is 0 Å². The number of benzene rings is 1. The van der Waals surface area contributed by atoms with Gasteiger partial charge in [0.1, 0.15) is 5.82 Å². The summed E-state index contributed by atoms with van der Waals surface area (Å²) in [6, 6.07) is 7.27. The van der Waals surface area contributed by atoms with E-state index in [-0.39, 0.29) is 23.2 Å². The van der Waals surface area contributed by atoms with Crippen LogP contribution >= 0.6 is 0 Å². The van der Waals surface area contributed by atoms with E-state index in [2.05, 4.69) is 18.7 Å². The van der Waals surface area contributed by atoms with Crippen molar-refractivity contribution in [2.45, 2.75) is 63.5 Å². The lowest BCUT2D eigenvalue weighted by atomic mass is 9.85. The highest BCUT2D eigenvalue weighted by Gasteiger charge is 2.68. The maximum absolute atomic E-state index is 14.5. The largest absolute Gasteiger partial charge is 0.393 e. The lowest BCUT2D eigenvalue weighted by molar-refractivity contribution is -0.136. The second-order valence-corrected chi connectivity index (χ2v) is 9.24. The Morgan fingerprint density at radius 2 is 1.67 bits per heavy atom. The molecule has 4 nitrogen and oxygen atoms in total. The number of nitrogens with zero attached hydrogens (tertiary/aromatic N) is 2. The molecule has 0 unspecified atom stereocenters. The Bertz CT molecular complexity index is 706. The number of aliphatic hydroxyl groups excluding tert-OH is 1. The lowest BCUT2D eigenvalue weighted by Gasteiger charge is -2.42. The summed E-state index contributed by atoms with van der Waals surface area (Å²) in [4.78, 5) is 17.9. The van der Waals surface area contributed by atoms with E-state index in [0.29, 0.717) is 18.0 Å². The Morgan fingerprint density at radius 3 is 2.22 bits per heavy atom. The van der Waals surface area contributed by atoms with Gasteiger partial charge in [0.05, 0.1) is 11.5 Å². The fourth-order valence-electron chi connectivity index (χ4n) is 5.32. The van der Waals surface area contributed by atoms with Crippen molar-refractivity contribution in [3.8, 4) is 0 Å². The summed E-state index contributed by atoms with van der Waals surface area (Å²) in [5.74, 6) is -0.164. The molecule has 1 amide bonds. The second kappa shape index (κ2) is 6.85. The number of carbonyl (C=O) groups is 1. The number of carbonyl (C=O) groups excluding carboxylic acids is 1. The number of likely N-dealkylation sites (tertiary alicyclic amines) is 2. The Hall–Kier alpha value is -1.46. The van der Waals surface area contributed by atoms with Gasteiger partial charge in [0.25, 0.3) is 0 Å². The molecule has 1 N–H and O–H groups in total. The molecule has 3 aliphatic rings. The fraction of sp³-hybridized carbons (Fsp3) is 0.682. The fourth-order valence-corrected chi connectivity index (χ4v) is 5.32. The molecule has 1 aromatic carbocycles. The minimum Gasteiger partial charge on any atom is -0.393 e. The zero-order valence-electron chi connectivity index (χ0n) is 16.5. The number of halogens is 1. The molecule has 4 rings (SSSR count). The second-order valence-electron chi connectivity index (χ2n) is 9.24. The molecule has 0 aromatic heterocycles. The van der Waals surface area contributed by atoms with Gasteiger partial charge in [-0.3, -0.25) is 4.79 Å². The van der Waals surface area contributed by atoms with E-state index in [1.807, 2.05) is 11.0 Å². The van der Waals surface area contributed by atoms with Gasteiger partial charge >= 0.3 is 0 Å². The van der Waals surface area contributed by atoms with Crippen LogP contribution in [-0.4, -0.2) is 59.1 Å². The van der Waals surface area contributed by atoms with Gasteiger partial charge in [0.15, 0.2) is 0 Å². The summed E-state index contributed by atoms with van der Waals surface area (Å²) in [6.45, 7) is 7.54. The highest BCUT2D eigenvalue weighted by atomic mass is 19.1. The number of rotatable bonds is 3. The molecule has 1 aromatic rings. The van der Waals surface area contributed by atoms with Crippen LogP contribution in [0.25, 0.3) is 0 Å². The van der Waals surface area contributed by atoms with Crippen LogP contribution in [0.5, 0.6) is 0 Å². The first-order chi connectivity index (χ1) is 12.8. The number of amides is 1. The van der Waals surface area contributed by atoms with Crippen molar-refractivity contribution in [2.75, 3.05) is 26.2 Å². The van der Waals surface area contributed by atoms with Crippen molar-refractivity contribution in [2.24, 2.45) is 5.41 Å². The first kappa shape index (κ1) is 18.9. The molecule has 0 spiro atoms. The molecular weight excluding hydrogens is 343 g/mol. The molecule has 2 heterocycles. The summed E-state index contributed by atoms with van der Waals surface area (Å²) in [6.07, 6.45) is 4.20. The first-order valence-electron chi connectivity index (χ1n) is 10.3. The van der Waals surface area contributed by atoms with Crippen molar-refractivity contribution in [1.82, 2.24) is 9.80 Å². The molecule has 0 radical (unpaired) electrons. The number of hydrogen-bond acceptors (Lipinski definition) is 3. The van der Waals surface area contributed by atoms with Crippen LogP contribution in [0, 0.1) is 11.2 Å². The third kappa shape index (κ3) is 3.19. The van der Waals surface area contributed by atoms with E-state index in [1.54, 1.807) is 12.1 Å². The molecule has 1 aliphatic carbocycles. The molecule has 2 aliphatic heterocycles. The van der Waals surface area contributed by atoms with Crippen molar-refractivity contribution in [3.63, 3.8) is 0 Å². The topological polar surface area (TPSA) is 43.8 Å². The van der Waals surface area contributed by atoms with Crippen molar-refractivity contribution in [3.05, 3.63) is 35.6 Å². The van der Waals surface area contributed by atoms with E-state index >= 15 is 0 Å². The molecule has 1 atom stereocenters. The van der Waals surface area contributed by atoms with Gasteiger partial charge in [-0.2, -0.15) is 0 Å². The average molecular weight is 375 g/mol. The van der Waals surface area contributed by atoms with E-state index in [4.69, 9.17) is 0 Å². The van der Waals surface area contributed by atoms with Crippen LogP contribution < -0.4 is 0 Å². The number of hydrogen-bond donors (Lipinski definition) is 1. The van der Waals surface area contributed by atoms with Gasteiger partial charge < -0.3 is 14.9 Å². The molecule has 148 valence electrons. The van der Waals surface area contributed by atoms with Crippen LogP contribution in [0.15, 0.2) is 24.3 Å². The molecule has 1 saturated carbocycles. The molecule has 3 fully saturated rings. The summed E-state index contributed by atoms with van der Waals surface area (Å²) in [7, 11) is 0. The molecule has 0 bridgehead atoms. The number of piperidine rings is 2. The smallest absolute Gasteiger partial charge is 0.233 e. The lowest BCUT2D eigenvalue weighted by Crippen LogP contribution is -2.51. The van der Waals surface area contributed by atoms with E-state index in [9.17, 15) is 14.3 Å². The van der Waals surface area contributed by atoms with E-state index in [0.717, 1.165) is 51.9 Å². The average Bonchev–Trinajstić information content (AvgIpc) is 3.25. The molecule has 5 heteroatoms. The van der Waals surface area contributed by atoms with Gasteiger partial charge in [0, 0.05) is 37.8 Å². The van der Waals surface area contributed by atoms with E-state index in [1.165, 1.54) is 6.07 Å². The van der Waals surface area contributed by atoms with Gasteiger partial charge in [-0.25, -0.2) is 4.39 Å². The molecule has 2 saturated heterocycles. The van der Waals surface area contributed by atoms with Crippen LogP contribution in [0.4, 0.5) is 4.39 Å². The first-order valence-corrected chi connectivity index (χ1v) is 10.3. The third-order valence-electron chi connectivity index (χ3n) is 7.20. The van der Waals surface area contributed by atoms with Gasteiger partial charge in [-0.15, -0.1) is 0 Å². The highest BCUT2D eigenvalue weighted by Crippen LogP contribution is 2.65. The summed E-state index contributed by atoms with van der Waals surface area (Å²) in [5.41, 5.74) is -0.348. The third-order valence-corrected chi connectivity index (χ3v) is 7.20. The van der Waals surface area contributed by atoms with Crippen LogP contribution in [0.1, 0.15) is 51.5 Å². The van der Waals surface area contributed by atoms with E-state index < -0.39 is 5.41 Å². The van der Waals surface area contributed by atoms with Crippen LogP contribution in [-0.2, 0) is 10.2 Å². The zero-order valence-corrected chi connectivity index (χ0v) is 16.5. The minimum absolute atomic E-state index is 0.102. The quantitative estimate of drug-likeness (QED) is 0.885. The monoisotopic (exact) mass is 374 g/mol. The molecular formula is C22H31FN2O2. The standard InChI is InChI=1S/C22H31FN2O2/c1-21(2)15-22(21,18-5-3-4-6-19(18)23)20(27)25-11-7-16(8-12-25)24-13-9-17(26)10-14-24/h3-6,16-17,26H,7-15H2,1-2H3/t22-/m0/s1. The van der Waals surface area contributed by atoms with Crippen molar-refractivity contribution >= 4 is 5.91 Å². The maximum atomic E-state index is 14.5. The predicted octanol–water partition coefficient (Wildman–Crippen LogP) is 2.94. The van der Waals surface area contributed by atoms with Gasteiger partial charge in [-0.05, 0) is 43.6 Å². The Labute approximate surface area is 161 Å². The van der Waals surface area contributed by atoms with Gasteiger partial charge in [0.2, 0.25) is 5.91 Å². The summed E-state index contributed by atoms with van der Waals surface area (Å²) in [5, 5.41) is 9.71. The van der Waals surface area contributed by atoms with Gasteiger partial charge in [-0.1, -0.05) is 32.0 Å². The number of aliphatic hydroxyl groups is 1. The predicted molar refractivity (Wildman–Crippen MR) is 103 cm³/mol. The Morgan fingerprint density at radius 1 is 1.07 bits per heavy atom. The SMILES string of the molecule is CC1(C)C[C@@]1(C(=O)N1CCC(N2CCC(O)CC2)CC1)c1ccccc1F. The van der Waals surface area contributed by atoms with Crippen LogP contribution in [0.3, 0.4) is 0 Å².